The fraction of sp³-hybridized carbons (Fsp3) is 0.500. The van der Waals surface area contributed by atoms with Crippen LogP contribution in [0.15, 0.2) is 18.2 Å². The van der Waals surface area contributed by atoms with Gasteiger partial charge in [-0.3, -0.25) is 14.9 Å². The zero-order valence-corrected chi connectivity index (χ0v) is 12.6. The van der Waals surface area contributed by atoms with Crippen molar-refractivity contribution >= 4 is 28.9 Å². The van der Waals surface area contributed by atoms with Gasteiger partial charge in [0, 0.05) is 35.2 Å². The minimum absolute atomic E-state index is 0.0176. The number of hydrogen-bond acceptors (Lipinski definition) is 5. The van der Waals surface area contributed by atoms with E-state index in [1.807, 2.05) is 16.7 Å². The number of carbonyl (C=O) groups is 1. The van der Waals surface area contributed by atoms with Gasteiger partial charge in [-0.25, -0.2) is 0 Å². The van der Waals surface area contributed by atoms with Gasteiger partial charge in [-0.2, -0.15) is 11.8 Å². The summed E-state index contributed by atoms with van der Waals surface area (Å²) in [5, 5.41) is 12.1. The van der Waals surface area contributed by atoms with E-state index >= 15 is 0 Å². The molecule has 1 aliphatic heterocycles. The molecule has 1 aromatic rings. The molecule has 6 heteroatoms. The Morgan fingerprint density at radius 3 is 2.45 bits per heavy atom. The van der Waals surface area contributed by atoms with Crippen molar-refractivity contribution < 1.29 is 9.72 Å². The van der Waals surface area contributed by atoms with E-state index in [0.29, 0.717) is 21.8 Å². The number of nitro benzene ring substituents is 1. The molecule has 0 N–H and O–H groups in total. The lowest BCUT2D eigenvalue weighted by Gasteiger charge is -2.35. The molecular weight excluding hydrogens is 276 g/mol. The van der Waals surface area contributed by atoms with Crippen LogP contribution in [0.2, 0.25) is 0 Å². The van der Waals surface area contributed by atoms with Crippen LogP contribution in [-0.2, 0) is 0 Å². The molecule has 2 rings (SSSR count). The predicted octanol–water partition coefficient (Wildman–Crippen LogP) is 3.13. The molecule has 0 saturated carbocycles. The van der Waals surface area contributed by atoms with Gasteiger partial charge in [0.2, 0.25) is 0 Å². The Morgan fingerprint density at radius 2 is 1.95 bits per heavy atom. The number of carbonyl (C=O) groups excluding carboxylic acids is 1. The average Bonchev–Trinajstić information content (AvgIpc) is 2.36. The van der Waals surface area contributed by atoms with Crippen LogP contribution in [0.5, 0.6) is 0 Å². The maximum Gasteiger partial charge on any atom is 0.293 e. The summed E-state index contributed by atoms with van der Waals surface area (Å²) in [6.45, 7) is 7.25. The maximum absolute atomic E-state index is 11.4. The molecular formula is C14H18N2O3S. The number of benzene rings is 1. The number of thioether (sulfide) groups is 1. The molecule has 0 bridgehead atoms. The van der Waals surface area contributed by atoms with E-state index in [1.165, 1.54) is 13.0 Å². The van der Waals surface area contributed by atoms with E-state index in [0.717, 1.165) is 13.1 Å². The third-order valence-corrected chi connectivity index (χ3v) is 4.57. The molecule has 1 saturated heterocycles. The van der Waals surface area contributed by atoms with Gasteiger partial charge in [-0.05, 0) is 19.1 Å². The van der Waals surface area contributed by atoms with Crippen molar-refractivity contribution in [3.05, 3.63) is 33.9 Å². The molecule has 0 spiro atoms. The van der Waals surface area contributed by atoms with Crippen LogP contribution in [0, 0.1) is 10.1 Å². The molecule has 1 aromatic carbocycles. The molecule has 1 heterocycles. The van der Waals surface area contributed by atoms with Crippen molar-refractivity contribution in [3.63, 3.8) is 0 Å². The van der Waals surface area contributed by atoms with Crippen LogP contribution in [-0.4, -0.2) is 34.3 Å². The van der Waals surface area contributed by atoms with Crippen molar-refractivity contribution in [1.29, 1.82) is 0 Å². The second kappa shape index (κ2) is 5.83. The number of Topliss-reactive ketones (excluding diaryl/α,β-unsaturated/α-hetero) is 1. The molecule has 0 aromatic heterocycles. The van der Waals surface area contributed by atoms with E-state index in [2.05, 4.69) is 13.8 Å². The minimum Gasteiger partial charge on any atom is -0.364 e. The van der Waals surface area contributed by atoms with Crippen LogP contribution in [0.3, 0.4) is 0 Å². The van der Waals surface area contributed by atoms with E-state index in [1.54, 1.807) is 12.1 Å². The summed E-state index contributed by atoms with van der Waals surface area (Å²) in [6.07, 6.45) is 0. The summed E-state index contributed by atoms with van der Waals surface area (Å²) in [6, 6.07) is 4.75. The van der Waals surface area contributed by atoms with E-state index in [9.17, 15) is 14.9 Å². The number of anilines is 1. The first-order valence-corrected chi connectivity index (χ1v) is 7.52. The van der Waals surface area contributed by atoms with E-state index in [-0.39, 0.29) is 11.5 Å². The SMILES string of the molecule is CC(=O)c1ccc(N2CC(C)SC(C)C2)c([N+](=O)[O-])c1. The first-order valence-electron chi connectivity index (χ1n) is 6.58. The van der Waals surface area contributed by atoms with Crippen LogP contribution in [0.1, 0.15) is 31.1 Å². The first kappa shape index (κ1) is 14.8. The van der Waals surface area contributed by atoms with Gasteiger partial charge in [-0.15, -0.1) is 0 Å². The van der Waals surface area contributed by atoms with Gasteiger partial charge in [-0.1, -0.05) is 13.8 Å². The molecule has 0 radical (unpaired) electrons. The third kappa shape index (κ3) is 3.12. The fourth-order valence-electron chi connectivity index (χ4n) is 2.53. The Labute approximate surface area is 122 Å². The van der Waals surface area contributed by atoms with Crippen LogP contribution in [0.25, 0.3) is 0 Å². The highest BCUT2D eigenvalue weighted by molar-refractivity contribution is 8.00. The highest BCUT2D eigenvalue weighted by Gasteiger charge is 2.27. The summed E-state index contributed by atoms with van der Waals surface area (Å²) in [5.41, 5.74) is 1.01. The Kier molecular flexibility index (Phi) is 4.32. The standard InChI is InChI=1S/C14H18N2O3S/c1-9-7-15(8-10(2)20-9)13-5-4-12(11(3)17)6-14(13)16(18)19/h4-6,9-10H,7-8H2,1-3H3. The van der Waals surface area contributed by atoms with E-state index < -0.39 is 4.92 Å². The van der Waals surface area contributed by atoms with Gasteiger partial charge >= 0.3 is 0 Å². The molecule has 2 atom stereocenters. The van der Waals surface area contributed by atoms with Gasteiger partial charge < -0.3 is 4.90 Å². The summed E-state index contributed by atoms with van der Waals surface area (Å²) < 4.78 is 0. The number of nitro groups is 1. The summed E-state index contributed by atoms with van der Waals surface area (Å²) >= 11 is 1.90. The zero-order chi connectivity index (χ0) is 14.9. The van der Waals surface area contributed by atoms with Crippen molar-refractivity contribution in [3.8, 4) is 0 Å². The molecule has 0 amide bonds. The monoisotopic (exact) mass is 294 g/mol. The lowest BCUT2D eigenvalue weighted by molar-refractivity contribution is -0.384. The molecule has 20 heavy (non-hydrogen) atoms. The second-order valence-electron chi connectivity index (χ2n) is 5.18. The normalized spacial score (nSPS) is 22.6. The predicted molar refractivity (Wildman–Crippen MR) is 81.8 cm³/mol. The summed E-state index contributed by atoms with van der Waals surface area (Å²) in [7, 11) is 0. The third-order valence-electron chi connectivity index (χ3n) is 3.34. The summed E-state index contributed by atoms with van der Waals surface area (Å²) in [4.78, 5) is 24.3. The number of ketones is 1. The van der Waals surface area contributed by atoms with Gasteiger partial charge in [0.15, 0.2) is 5.78 Å². The van der Waals surface area contributed by atoms with Crippen LogP contribution < -0.4 is 4.90 Å². The van der Waals surface area contributed by atoms with Crippen molar-refractivity contribution in [2.75, 3.05) is 18.0 Å². The largest absolute Gasteiger partial charge is 0.364 e. The highest BCUT2D eigenvalue weighted by atomic mass is 32.2. The number of nitrogens with zero attached hydrogens (tertiary/aromatic N) is 2. The fourth-order valence-corrected chi connectivity index (χ4v) is 3.86. The minimum atomic E-state index is -0.404. The van der Waals surface area contributed by atoms with Crippen molar-refractivity contribution in [2.45, 2.75) is 31.3 Å². The Bertz CT molecular complexity index is 537. The maximum atomic E-state index is 11.4. The highest BCUT2D eigenvalue weighted by Crippen LogP contribution is 2.34. The van der Waals surface area contributed by atoms with Crippen molar-refractivity contribution in [2.24, 2.45) is 0 Å². The molecule has 1 fully saturated rings. The summed E-state index contributed by atoms with van der Waals surface area (Å²) in [5.74, 6) is -0.157. The molecule has 108 valence electrons. The second-order valence-corrected chi connectivity index (χ2v) is 7.06. The van der Waals surface area contributed by atoms with Crippen molar-refractivity contribution in [1.82, 2.24) is 0 Å². The smallest absolute Gasteiger partial charge is 0.293 e. The van der Waals surface area contributed by atoms with E-state index in [4.69, 9.17) is 0 Å². The Morgan fingerprint density at radius 1 is 1.35 bits per heavy atom. The molecule has 5 nitrogen and oxygen atoms in total. The molecule has 0 aliphatic carbocycles. The number of rotatable bonds is 3. The Balaban J connectivity index is 2.40. The van der Waals surface area contributed by atoms with Gasteiger partial charge in [0.05, 0.1) is 4.92 Å². The van der Waals surface area contributed by atoms with Crippen LogP contribution in [0.4, 0.5) is 11.4 Å². The topological polar surface area (TPSA) is 63.5 Å². The van der Waals surface area contributed by atoms with Gasteiger partial charge in [0.1, 0.15) is 5.69 Å². The first-order chi connectivity index (χ1) is 9.38. The zero-order valence-electron chi connectivity index (χ0n) is 11.8. The molecule has 1 aliphatic rings. The lowest BCUT2D eigenvalue weighted by Crippen LogP contribution is -2.40. The lowest BCUT2D eigenvalue weighted by atomic mass is 10.1. The Hall–Kier alpha value is -1.56. The average molecular weight is 294 g/mol. The quantitative estimate of drug-likeness (QED) is 0.487. The van der Waals surface area contributed by atoms with Gasteiger partial charge in [0.25, 0.3) is 5.69 Å². The number of hydrogen-bond donors (Lipinski definition) is 0. The van der Waals surface area contributed by atoms with Crippen LogP contribution >= 0.6 is 11.8 Å². The molecule has 2 unspecified atom stereocenters.